The van der Waals surface area contributed by atoms with Crippen LogP contribution in [0.1, 0.15) is 23.5 Å². The molecule has 0 radical (unpaired) electrons. The number of aryl methyl sites for hydroxylation is 1. The minimum atomic E-state index is 0.135. The Labute approximate surface area is 126 Å². The molecule has 1 aliphatic carbocycles. The predicted octanol–water partition coefficient (Wildman–Crippen LogP) is 1.48. The van der Waals surface area contributed by atoms with Crippen molar-refractivity contribution in [2.24, 2.45) is 0 Å². The van der Waals surface area contributed by atoms with Crippen LogP contribution in [0.4, 0.5) is 0 Å². The van der Waals surface area contributed by atoms with E-state index in [-0.39, 0.29) is 5.82 Å². The average Bonchev–Trinajstić information content (AvgIpc) is 3.23. The third-order valence-electron chi connectivity index (χ3n) is 3.66. The van der Waals surface area contributed by atoms with Gasteiger partial charge in [0.1, 0.15) is 12.4 Å². The summed E-state index contributed by atoms with van der Waals surface area (Å²) in [6.45, 7) is 0. The molecule has 22 heavy (non-hydrogen) atoms. The molecule has 7 heteroatoms. The molecule has 106 valence electrons. The smallest absolute Gasteiger partial charge is 0.252 e. The van der Waals surface area contributed by atoms with E-state index in [0.29, 0.717) is 11.6 Å². The molecule has 0 aliphatic heterocycles. The molecule has 0 N–H and O–H groups in total. The summed E-state index contributed by atoms with van der Waals surface area (Å²) in [7, 11) is 0. The van der Waals surface area contributed by atoms with Crippen LogP contribution < -0.4 is 0 Å². The fourth-order valence-corrected chi connectivity index (χ4v) is 2.65. The predicted molar refractivity (Wildman–Crippen MR) is 76.9 cm³/mol. The first kappa shape index (κ1) is 12.6. The number of nitriles is 1. The van der Waals surface area contributed by atoms with Gasteiger partial charge in [-0.25, -0.2) is 19.6 Å². The Bertz CT molecular complexity index is 877. The molecule has 0 aromatic carbocycles. The van der Waals surface area contributed by atoms with E-state index in [0.717, 1.165) is 36.1 Å². The van der Waals surface area contributed by atoms with E-state index in [1.807, 2.05) is 18.2 Å². The fraction of sp³-hybridized carbons (Fsp3) is 0.200. The first-order chi connectivity index (χ1) is 10.8. The van der Waals surface area contributed by atoms with Gasteiger partial charge in [0.15, 0.2) is 11.6 Å². The summed E-state index contributed by atoms with van der Waals surface area (Å²) in [4.78, 5) is 17.3. The van der Waals surface area contributed by atoms with Crippen LogP contribution in [0.15, 0.2) is 30.9 Å². The van der Waals surface area contributed by atoms with E-state index in [1.54, 1.807) is 17.1 Å². The molecular formula is C15H11N7. The standard InChI is InChI=1S/C15H11N7/c16-8-13-18-9-22(21-13)15-11-2-1-3-12(11)19-14(20-15)10-4-6-17-7-5-10/h4-7,9H,1-3H2. The maximum absolute atomic E-state index is 8.90. The molecule has 3 aromatic rings. The zero-order chi connectivity index (χ0) is 14.9. The largest absolute Gasteiger partial charge is 0.265 e. The molecule has 4 rings (SSSR count). The molecule has 0 unspecified atom stereocenters. The highest BCUT2D eigenvalue weighted by Crippen LogP contribution is 2.27. The minimum absolute atomic E-state index is 0.135. The molecule has 0 spiro atoms. The molecule has 0 fully saturated rings. The van der Waals surface area contributed by atoms with Gasteiger partial charge < -0.3 is 0 Å². The van der Waals surface area contributed by atoms with Gasteiger partial charge in [-0.2, -0.15) is 5.26 Å². The second-order valence-corrected chi connectivity index (χ2v) is 5.01. The summed E-state index contributed by atoms with van der Waals surface area (Å²) in [5, 5.41) is 13.0. The monoisotopic (exact) mass is 289 g/mol. The second kappa shape index (κ2) is 5.00. The van der Waals surface area contributed by atoms with Crippen LogP contribution in [-0.4, -0.2) is 29.7 Å². The Morgan fingerprint density at radius 2 is 2.00 bits per heavy atom. The van der Waals surface area contributed by atoms with Crippen LogP contribution in [0.25, 0.3) is 17.2 Å². The van der Waals surface area contributed by atoms with Gasteiger partial charge in [-0.05, 0) is 31.4 Å². The first-order valence-electron chi connectivity index (χ1n) is 6.97. The Hall–Kier alpha value is -3.14. The van der Waals surface area contributed by atoms with Crippen molar-refractivity contribution in [1.82, 2.24) is 29.7 Å². The number of nitrogens with zero attached hydrogens (tertiary/aromatic N) is 7. The molecular weight excluding hydrogens is 278 g/mol. The Morgan fingerprint density at radius 3 is 2.77 bits per heavy atom. The topological polar surface area (TPSA) is 93.2 Å². The Balaban J connectivity index is 1.90. The summed E-state index contributed by atoms with van der Waals surface area (Å²) >= 11 is 0. The lowest BCUT2D eigenvalue weighted by Gasteiger charge is -2.09. The maximum atomic E-state index is 8.90. The van der Waals surface area contributed by atoms with Crippen LogP contribution >= 0.6 is 0 Å². The zero-order valence-electron chi connectivity index (χ0n) is 11.6. The molecule has 1 aliphatic rings. The van der Waals surface area contributed by atoms with Crippen LogP contribution in [-0.2, 0) is 12.8 Å². The van der Waals surface area contributed by atoms with Gasteiger partial charge in [-0.3, -0.25) is 4.98 Å². The highest BCUT2D eigenvalue weighted by molar-refractivity contribution is 5.57. The maximum Gasteiger partial charge on any atom is 0.252 e. The van der Waals surface area contributed by atoms with Gasteiger partial charge in [0, 0.05) is 29.2 Å². The van der Waals surface area contributed by atoms with Gasteiger partial charge in [0.2, 0.25) is 0 Å². The van der Waals surface area contributed by atoms with Crippen LogP contribution in [0.3, 0.4) is 0 Å². The Morgan fingerprint density at radius 1 is 1.14 bits per heavy atom. The minimum Gasteiger partial charge on any atom is -0.265 e. The van der Waals surface area contributed by atoms with Crippen molar-refractivity contribution in [3.05, 3.63) is 47.9 Å². The number of pyridine rings is 1. The number of rotatable bonds is 2. The van der Waals surface area contributed by atoms with Crippen molar-refractivity contribution < 1.29 is 0 Å². The van der Waals surface area contributed by atoms with Crippen molar-refractivity contribution in [3.8, 4) is 23.3 Å². The molecule has 3 heterocycles. The number of aromatic nitrogens is 6. The Kier molecular flexibility index (Phi) is 2.86. The summed E-state index contributed by atoms with van der Waals surface area (Å²) < 4.78 is 1.56. The fourth-order valence-electron chi connectivity index (χ4n) is 2.65. The molecule has 0 saturated heterocycles. The summed E-state index contributed by atoms with van der Waals surface area (Å²) in [5.74, 6) is 1.49. The summed E-state index contributed by atoms with van der Waals surface area (Å²) in [5.41, 5.74) is 3.05. The highest BCUT2D eigenvalue weighted by Gasteiger charge is 2.21. The summed E-state index contributed by atoms with van der Waals surface area (Å²) in [6, 6.07) is 5.69. The number of hydrogen-bond acceptors (Lipinski definition) is 6. The van der Waals surface area contributed by atoms with E-state index >= 15 is 0 Å². The van der Waals surface area contributed by atoms with E-state index < -0.39 is 0 Å². The first-order valence-corrected chi connectivity index (χ1v) is 6.97. The van der Waals surface area contributed by atoms with Crippen LogP contribution in [0.5, 0.6) is 0 Å². The number of fused-ring (bicyclic) bond motifs is 1. The lowest BCUT2D eigenvalue weighted by Crippen LogP contribution is -2.07. The van der Waals surface area contributed by atoms with Gasteiger partial charge in [-0.1, -0.05) is 0 Å². The van der Waals surface area contributed by atoms with Crippen molar-refractivity contribution in [2.45, 2.75) is 19.3 Å². The van der Waals surface area contributed by atoms with Crippen molar-refractivity contribution >= 4 is 0 Å². The number of hydrogen-bond donors (Lipinski definition) is 0. The van der Waals surface area contributed by atoms with E-state index in [2.05, 4.69) is 25.0 Å². The molecule has 0 saturated carbocycles. The SMILES string of the molecule is N#Cc1ncn(-c2nc(-c3ccncc3)nc3c2CCC3)n1. The molecule has 0 amide bonds. The van der Waals surface area contributed by atoms with Gasteiger partial charge in [-0.15, -0.1) is 5.10 Å². The van der Waals surface area contributed by atoms with Gasteiger partial charge in [0.05, 0.1) is 0 Å². The van der Waals surface area contributed by atoms with Crippen molar-refractivity contribution in [1.29, 1.82) is 5.26 Å². The summed E-state index contributed by atoms with van der Waals surface area (Å²) in [6.07, 6.45) is 7.86. The molecule has 0 bridgehead atoms. The second-order valence-electron chi connectivity index (χ2n) is 5.01. The normalized spacial score (nSPS) is 12.9. The zero-order valence-corrected chi connectivity index (χ0v) is 11.6. The van der Waals surface area contributed by atoms with Crippen LogP contribution in [0, 0.1) is 11.3 Å². The third-order valence-corrected chi connectivity index (χ3v) is 3.66. The molecule has 0 atom stereocenters. The molecule has 3 aromatic heterocycles. The quantitative estimate of drug-likeness (QED) is 0.709. The van der Waals surface area contributed by atoms with Gasteiger partial charge >= 0.3 is 0 Å². The third kappa shape index (κ3) is 2.02. The molecule has 7 nitrogen and oxygen atoms in total. The van der Waals surface area contributed by atoms with Crippen molar-refractivity contribution in [3.63, 3.8) is 0 Å². The highest BCUT2D eigenvalue weighted by atomic mass is 15.4. The van der Waals surface area contributed by atoms with E-state index in [9.17, 15) is 0 Å². The van der Waals surface area contributed by atoms with E-state index in [1.165, 1.54) is 6.33 Å². The van der Waals surface area contributed by atoms with E-state index in [4.69, 9.17) is 5.26 Å². The average molecular weight is 289 g/mol. The lowest BCUT2D eigenvalue weighted by molar-refractivity contribution is 0.816. The van der Waals surface area contributed by atoms with Crippen LogP contribution in [0.2, 0.25) is 0 Å². The van der Waals surface area contributed by atoms with Gasteiger partial charge in [0.25, 0.3) is 5.82 Å². The van der Waals surface area contributed by atoms with Crippen molar-refractivity contribution in [2.75, 3.05) is 0 Å². The lowest BCUT2D eigenvalue weighted by atomic mass is 10.2.